The summed E-state index contributed by atoms with van der Waals surface area (Å²) in [4.78, 5) is 38.2. The zero-order chi connectivity index (χ0) is 25.6. The van der Waals surface area contributed by atoms with E-state index in [0.29, 0.717) is 6.42 Å². The SMILES string of the molecule is CCC.CCCCCCCCCCCCCCCCOC(CCCN)(P(=O)(O)O)P(=O)(O)O. The van der Waals surface area contributed by atoms with Crippen molar-refractivity contribution in [3.63, 3.8) is 0 Å². The Morgan fingerprint density at radius 2 is 0.970 bits per heavy atom. The molecule has 0 bridgehead atoms. The average Bonchev–Trinajstić information content (AvgIpc) is 2.71. The summed E-state index contributed by atoms with van der Waals surface area (Å²) in [5, 5.41) is -2.78. The Bertz CT molecular complexity index is 501. The van der Waals surface area contributed by atoms with E-state index in [0.717, 1.165) is 19.3 Å². The lowest BCUT2D eigenvalue weighted by Crippen LogP contribution is -2.33. The molecule has 33 heavy (non-hydrogen) atoms. The van der Waals surface area contributed by atoms with Gasteiger partial charge in [-0.05, 0) is 19.4 Å². The molecule has 0 saturated heterocycles. The lowest BCUT2D eigenvalue weighted by atomic mass is 10.0. The third kappa shape index (κ3) is 17.3. The molecule has 0 radical (unpaired) electrons. The van der Waals surface area contributed by atoms with E-state index >= 15 is 0 Å². The largest absolute Gasteiger partial charge is 0.369 e. The maximum absolute atomic E-state index is 11.8. The monoisotopic (exact) mass is 517 g/mol. The van der Waals surface area contributed by atoms with Crippen LogP contribution in [-0.4, -0.2) is 37.8 Å². The first-order valence-corrected chi connectivity index (χ1v) is 16.2. The minimum Gasteiger partial charge on any atom is -0.352 e. The molecule has 6 N–H and O–H groups in total. The van der Waals surface area contributed by atoms with E-state index in [2.05, 4.69) is 20.8 Å². The van der Waals surface area contributed by atoms with Gasteiger partial charge < -0.3 is 30.0 Å². The highest BCUT2D eigenvalue weighted by Crippen LogP contribution is 2.71. The Morgan fingerprint density at radius 3 is 1.27 bits per heavy atom. The van der Waals surface area contributed by atoms with Crippen molar-refractivity contribution in [2.24, 2.45) is 5.73 Å². The number of hydrogen-bond donors (Lipinski definition) is 5. The summed E-state index contributed by atoms with van der Waals surface area (Å²) in [6.45, 7) is 6.44. The zero-order valence-electron chi connectivity index (χ0n) is 21.4. The van der Waals surface area contributed by atoms with Gasteiger partial charge in [0.1, 0.15) is 0 Å². The quantitative estimate of drug-likeness (QED) is 0.0839. The molecule has 0 aromatic heterocycles. The molecule has 10 heteroatoms. The maximum atomic E-state index is 11.8. The fourth-order valence-corrected chi connectivity index (χ4v) is 6.34. The van der Waals surface area contributed by atoms with Gasteiger partial charge >= 0.3 is 15.2 Å². The number of hydrogen-bond acceptors (Lipinski definition) is 4. The average molecular weight is 518 g/mol. The third-order valence-electron chi connectivity index (χ3n) is 5.45. The van der Waals surface area contributed by atoms with Crippen LogP contribution in [0.2, 0.25) is 0 Å². The first-order chi connectivity index (χ1) is 15.5. The maximum Gasteiger partial charge on any atom is 0.369 e. The molecule has 0 atom stereocenters. The summed E-state index contributed by atoms with van der Waals surface area (Å²) in [5.41, 5.74) is 5.35. The minimum atomic E-state index is -5.19. The Hall–Kier alpha value is 0.220. The van der Waals surface area contributed by atoms with Crippen LogP contribution in [0.25, 0.3) is 0 Å². The summed E-state index contributed by atoms with van der Waals surface area (Å²) in [7, 11) is -10.4. The van der Waals surface area contributed by atoms with E-state index < -0.39 is 26.7 Å². The molecule has 0 amide bonds. The molecule has 0 aliphatic carbocycles. The molecule has 0 aliphatic heterocycles. The van der Waals surface area contributed by atoms with Crippen molar-refractivity contribution in [1.29, 1.82) is 0 Å². The lowest BCUT2D eigenvalue weighted by Gasteiger charge is -2.34. The zero-order valence-corrected chi connectivity index (χ0v) is 23.2. The van der Waals surface area contributed by atoms with Gasteiger partial charge in [0.15, 0.2) is 0 Å². The van der Waals surface area contributed by atoms with Gasteiger partial charge in [0.05, 0.1) is 0 Å². The molecular weight excluding hydrogens is 464 g/mol. The highest BCUT2D eigenvalue weighted by atomic mass is 31.2. The van der Waals surface area contributed by atoms with Gasteiger partial charge in [0, 0.05) is 13.0 Å². The van der Waals surface area contributed by atoms with E-state index in [1.54, 1.807) is 0 Å². The van der Waals surface area contributed by atoms with Gasteiger partial charge in [-0.25, -0.2) is 0 Å². The Morgan fingerprint density at radius 1 is 0.636 bits per heavy atom. The molecule has 0 spiro atoms. The summed E-state index contributed by atoms with van der Waals surface area (Å²) >= 11 is 0. The van der Waals surface area contributed by atoms with Crippen molar-refractivity contribution in [1.82, 2.24) is 0 Å². The van der Waals surface area contributed by atoms with Crippen LogP contribution >= 0.6 is 15.2 Å². The lowest BCUT2D eigenvalue weighted by molar-refractivity contribution is 0.0282. The van der Waals surface area contributed by atoms with Crippen molar-refractivity contribution in [3.05, 3.63) is 0 Å². The molecule has 0 aromatic carbocycles. The van der Waals surface area contributed by atoms with E-state index in [-0.39, 0.29) is 19.6 Å². The van der Waals surface area contributed by atoms with Crippen LogP contribution in [0.1, 0.15) is 130 Å². The van der Waals surface area contributed by atoms with Crippen molar-refractivity contribution < 1.29 is 33.4 Å². The van der Waals surface area contributed by atoms with Gasteiger partial charge in [-0.2, -0.15) is 0 Å². The first kappa shape index (κ1) is 35.4. The second kappa shape index (κ2) is 21.5. The smallest absolute Gasteiger partial charge is 0.352 e. The summed E-state index contributed by atoms with van der Waals surface area (Å²) in [5.74, 6) is 0. The second-order valence-corrected chi connectivity index (χ2v) is 12.8. The van der Waals surface area contributed by atoms with Gasteiger partial charge in [-0.3, -0.25) is 9.13 Å². The van der Waals surface area contributed by atoms with E-state index in [1.165, 1.54) is 70.6 Å². The van der Waals surface area contributed by atoms with Crippen LogP contribution in [0.4, 0.5) is 0 Å². The molecule has 0 unspecified atom stereocenters. The molecule has 0 saturated carbocycles. The Labute approximate surface area is 202 Å². The predicted molar refractivity (Wildman–Crippen MR) is 137 cm³/mol. The van der Waals surface area contributed by atoms with Gasteiger partial charge in [-0.15, -0.1) is 0 Å². The van der Waals surface area contributed by atoms with Crippen LogP contribution in [0.15, 0.2) is 0 Å². The van der Waals surface area contributed by atoms with Crippen molar-refractivity contribution in [2.75, 3.05) is 13.2 Å². The summed E-state index contributed by atoms with van der Waals surface area (Å²) < 4.78 is 28.8. The Balaban J connectivity index is 0. The van der Waals surface area contributed by atoms with Crippen LogP contribution in [0.5, 0.6) is 0 Å². The van der Waals surface area contributed by atoms with Gasteiger partial charge in [0.2, 0.25) is 0 Å². The molecule has 0 aromatic rings. The predicted octanol–water partition coefficient (Wildman–Crippen LogP) is 6.65. The molecular formula is C23H53NO7P2. The van der Waals surface area contributed by atoms with Crippen LogP contribution in [-0.2, 0) is 13.9 Å². The van der Waals surface area contributed by atoms with E-state index in [1.807, 2.05) is 0 Å². The topological polar surface area (TPSA) is 150 Å². The Kier molecular flexibility index (Phi) is 23.1. The minimum absolute atomic E-state index is 0.0506. The summed E-state index contributed by atoms with van der Waals surface area (Å²) in [6, 6.07) is 0. The van der Waals surface area contributed by atoms with Crippen molar-refractivity contribution in [2.45, 2.75) is 135 Å². The number of ether oxygens (including phenoxy) is 1. The third-order valence-corrected chi connectivity index (χ3v) is 9.54. The second-order valence-electron chi connectivity index (χ2n) is 8.88. The fourth-order valence-electron chi connectivity index (χ4n) is 3.57. The van der Waals surface area contributed by atoms with Crippen molar-refractivity contribution >= 4 is 15.2 Å². The molecule has 202 valence electrons. The number of rotatable bonds is 21. The van der Waals surface area contributed by atoms with Gasteiger partial charge in [-0.1, -0.05) is 111 Å². The van der Waals surface area contributed by atoms with Crippen molar-refractivity contribution in [3.8, 4) is 0 Å². The first-order valence-electron chi connectivity index (χ1n) is 13.0. The fraction of sp³-hybridized carbons (Fsp3) is 1.00. The molecule has 0 rings (SSSR count). The normalized spacial score (nSPS) is 12.5. The van der Waals surface area contributed by atoms with Crippen LogP contribution < -0.4 is 5.73 Å². The van der Waals surface area contributed by atoms with Crippen LogP contribution in [0, 0.1) is 0 Å². The standard InChI is InChI=1S/C20H45NO7P2.C3H8/c1-2-3-4-5-6-7-8-9-10-11-12-13-14-15-19-28-20(17-16-18-21,29(22,23)24)30(25,26)27;1-3-2/h2-19,21H2,1H3,(H2,22,23,24)(H2,25,26,27);3H2,1-2H3. The molecule has 0 aliphatic rings. The van der Waals surface area contributed by atoms with Crippen LogP contribution in [0.3, 0.4) is 0 Å². The van der Waals surface area contributed by atoms with E-state index in [4.69, 9.17) is 10.5 Å². The number of nitrogens with two attached hydrogens (primary N) is 1. The van der Waals surface area contributed by atoms with Gasteiger partial charge in [0.25, 0.3) is 5.08 Å². The number of unbranched alkanes of at least 4 members (excludes halogenated alkanes) is 13. The summed E-state index contributed by atoms with van der Waals surface area (Å²) in [6.07, 6.45) is 17.2. The van der Waals surface area contributed by atoms with E-state index in [9.17, 15) is 28.7 Å². The highest BCUT2D eigenvalue weighted by Gasteiger charge is 2.61. The molecule has 8 nitrogen and oxygen atoms in total. The molecule has 0 fully saturated rings. The highest BCUT2D eigenvalue weighted by molar-refractivity contribution is 7.72. The molecule has 0 heterocycles.